The topological polar surface area (TPSA) is 92.5 Å². The number of hydrogen-bond donors (Lipinski definition) is 1. The van der Waals surface area contributed by atoms with Crippen LogP contribution in [0.5, 0.6) is 0 Å². The van der Waals surface area contributed by atoms with Gasteiger partial charge in [0.05, 0.1) is 6.42 Å². The van der Waals surface area contributed by atoms with Crippen LogP contribution in [0.1, 0.15) is 19.3 Å². The fourth-order valence-corrected chi connectivity index (χ4v) is 2.32. The van der Waals surface area contributed by atoms with Crippen molar-refractivity contribution in [2.24, 2.45) is 0 Å². The second-order valence-electron chi connectivity index (χ2n) is 4.51. The molecule has 7 heteroatoms. The zero-order valence-corrected chi connectivity index (χ0v) is 10.4. The summed E-state index contributed by atoms with van der Waals surface area (Å²) in [7, 11) is 0. The summed E-state index contributed by atoms with van der Waals surface area (Å²) in [5.74, 6) is -1.15. The predicted octanol–water partition coefficient (Wildman–Crippen LogP) is -0.291. The molecule has 0 spiro atoms. The Morgan fingerprint density at radius 2 is 2.26 bits per heavy atom. The molecule has 1 aromatic rings. The summed E-state index contributed by atoms with van der Waals surface area (Å²) in [5.41, 5.74) is -0.482. The monoisotopic (exact) mass is 265 g/mol. The van der Waals surface area contributed by atoms with Crippen LogP contribution in [0, 0.1) is 0 Å². The molecule has 1 N–H and O–H groups in total. The predicted molar refractivity (Wildman–Crippen MR) is 65.5 cm³/mol. The summed E-state index contributed by atoms with van der Waals surface area (Å²) in [6.45, 7) is 0.453. The van der Waals surface area contributed by atoms with Crippen molar-refractivity contribution in [2.45, 2.75) is 31.8 Å². The van der Waals surface area contributed by atoms with Gasteiger partial charge in [-0.15, -0.1) is 0 Å². The van der Waals surface area contributed by atoms with E-state index in [9.17, 15) is 14.4 Å². The van der Waals surface area contributed by atoms with Gasteiger partial charge in [0, 0.05) is 25.0 Å². The zero-order chi connectivity index (χ0) is 13.8. The molecule has 0 saturated carbocycles. The van der Waals surface area contributed by atoms with Gasteiger partial charge in [0.1, 0.15) is 6.54 Å². The van der Waals surface area contributed by atoms with E-state index in [4.69, 9.17) is 5.11 Å². The van der Waals surface area contributed by atoms with Crippen molar-refractivity contribution in [1.29, 1.82) is 0 Å². The number of carboxylic acid groups (broad SMARTS) is 1. The van der Waals surface area contributed by atoms with Crippen molar-refractivity contribution in [2.75, 3.05) is 6.54 Å². The van der Waals surface area contributed by atoms with Crippen molar-refractivity contribution in [1.82, 2.24) is 14.5 Å². The van der Waals surface area contributed by atoms with E-state index in [1.54, 1.807) is 11.0 Å². The summed E-state index contributed by atoms with van der Waals surface area (Å²) in [5, 5.41) is 8.80. The molecular formula is C12H15N3O4. The highest BCUT2D eigenvalue weighted by Gasteiger charge is 2.30. The largest absolute Gasteiger partial charge is 0.481 e. The molecule has 2 heterocycles. The third kappa shape index (κ3) is 3.18. The first-order valence-corrected chi connectivity index (χ1v) is 6.10. The molecule has 0 aromatic carbocycles. The minimum absolute atomic E-state index is 0.0479. The van der Waals surface area contributed by atoms with Gasteiger partial charge in [-0.3, -0.25) is 14.2 Å². The molecule has 1 fully saturated rings. The molecule has 19 heavy (non-hydrogen) atoms. The molecule has 1 unspecified atom stereocenters. The van der Waals surface area contributed by atoms with Crippen molar-refractivity contribution >= 4 is 11.9 Å². The number of carboxylic acids is 1. The smallest absolute Gasteiger partial charge is 0.347 e. The van der Waals surface area contributed by atoms with E-state index in [1.165, 1.54) is 17.0 Å². The first-order valence-electron chi connectivity index (χ1n) is 6.10. The maximum atomic E-state index is 12.1. The molecule has 0 aliphatic carbocycles. The van der Waals surface area contributed by atoms with E-state index in [0.717, 1.165) is 6.42 Å². The van der Waals surface area contributed by atoms with Crippen LogP contribution in [0.15, 0.2) is 23.3 Å². The SMILES string of the molecule is O=C(O)CC1CCCN1C(=O)Cn1cccnc1=O. The first-order chi connectivity index (χ1) is 9.08. The van der Waals surface area contributed by atoms with Gasteiger partial charge >= 0.3 is 11.7 Å². The van der Waals surface area contributed by atoms with E-state index in [0.29, 0.717) is 13.0 Å². The lowest BCUT2D eigenvalue weighted by Gasteiger charge is -2.23. The van der Waals surface area contributed by atoms with Gasteiger partial charge in [-0.2, -0.15) is 0 Å². The Hall–Kier alpha value is -2.18. The van der Waals surface area contributed by atoms with Crippen LogP contribution in [0.3, 0.4) is 0 Å². The fraction of sp³-hybridized carbons (Fsp3) is 0.500. The van der Waals surface area contributed by atoms with Crippen LogP contribution in [0.2, 0.25) is 0 Å². The number of carbonyl (C=O) groups excluding carboxylic acids is 1. The molecule has 2 rings (SSSR count). The second-order valence-corrected chi connectivity index (χ2v) is 4.51. The summed E-state index contributed by atoms with van der Waals surface area (Å²) < 4.78 is 1.22. The average molecular weight is 265 g/mol. The van der Waals surface area contributed by atoms with Gasteiger partial charge in [-0.1, -0.05) is 0 Å². The maximum Gasteiger partial charge on any atom is 0.347 e. The molecule has 1 aromatic heterocycles. The van der Waals surface area contributed by atoms with Gasteiger partial charge in [0.2, 0.25) is 5.91 Å². The molecule has 1 aliphatic heterocycles. The lowest BCUT2D eigenvalue weighted by Crippen LogP contribution is -2.40. The lowest BCUT2D eigenvalue weighted by molar-refractivity contribution is -0.140. The Morgan fingerprint density at radius 1 is 1.47 bits per heavy atom. The summed E-state index contributed by atoms with van der Waals surface area (Å²) in [4.78, 5) is 39.4. The van der Waals surface area contributed by atoms with E-state index in [2.05, 4.69) is 4.98 Å². The number of aliphatic carboxylic acids is 1. The number of aromatic nitrogens is 2. The highest BCUT2D eigenvalue weighted by Crippen LogP contribution is 2.20. The molecule has 1 saturated heterocycles. The van der Waals surface area contributed by atoms with E-state index >= 15 is 0 Å². The molecule has 1 amide bonds. The Labute approximate surface area is 109 Å². The summed E-state index contributed by atoms with van der Waals surface area (Å²) in [6.07, 6.45) is 4.31. The van der Waals surface area contributed by atoms with Gasteiger partial charge in [0.15, 0.2) is 0 Å². The highest BCUT2D eigenvalue weighted by atomic mass is 16.4. The highest BCUT2D eigenvalue weighted by molar-refractivity contribution is 5.77. The Balaban J connectivity index is 2.05. The van der Waals surface area contributed by atoms with E-state index < -0.39 is 11.7 Å². The van der Waals surface area contributed by atoms with Gasteiger partial charge in [-0.05, 0) is 18.9 Å². The quantitative estimate of drug-likeness (QED) is 0.807. The van der Waals surface area contributed by atoms with Crippen molar-refractivity contribution < 1.29 is 14.7 Å². The average Bonchev–Trinajstić information content (AvgIpc) is 2.79. The fourth-order valence-electron chi connectivity index (χ4n) is 2.32. The molecule has 1 aliphatic rings. The Bertz CT molecular complexity index is 540. The van der Waals surface area contributed by atoms with Crippen LogP contribution >= 0.6 is 0 Å². The number of amides is 1. The maximum absolute atomic E-state index is 12.1. The molecule has 0 radical (unpaired) electrons. The molecule has 7 nitrogen and oxygen atoms in total. The first kappa shape index (κ1) is 13.3. The third-order valence-corrected chi connectivity index (χ3v) is 3.20. The normalized spacial score (nSPS) is 18.5. The summed E-state index contributed by atoms with van der Waals surface area (Å²) >= 11 is 0. The second kappa shape index (κ2) is 5.64. The molecule has 102 valence electrons. The molecular weight excluding hydrogens is 250 g/mol. The lowest BCUT2D eigenvalue weighted by atomic mass is 10.1. The van der Waals surface area contributed by atoms with Crippen LogP contribution in [-0.2, 0) is 16.1 Å². The van der Waals surface area contributed by atoms with Gasteiger partial charge in [0.25, 0.3) is 0 Å². The Kier molecular flexibility index (Phi) is 3.94. The number of hydrogen-bond acceptors (Lipinski definition) is 4. The Morgan fingerprint density at radius 3 is 2.95 bits per heavy atom. The van der Waals surface area contributed by atoms with Crippen molar-refractivity contribution in [3.63, 3.8) is 0 Å². The van der Waals surface area contributed by atoms with Gasteiger partial charge < -0.3 is 10.0 Å². The van der Waals surface area contributed by atoms with Crippen LogP contribution in [0.4, 0.5) is 0 Å². The van der Waals surface area contributed by atoms with E-state index in [-0.39, 0.29) is 24.9 Å². The van der Waals surface area contributed by atoms with Gasteiger partial charge in [-0.25, -0.2) is 9.78 Å². The molecule has 1 atom stereocenters. The van der Waals surface area contributed by atoms with Crippen molar-refractivity contribution in [3.8, 4) is 0 Å². The standard InChI is InChI=1S/C12H15N3O4/c16-10(8-14-5-2-4-13-12(14)19)15-6-1-3-9(15)7-11(17)18/h2,4-5,9H,1,3,6-8H2,(H,17,18). The van der Waals surface area contributed by atoms with Crippen LogP contribution in [-0.4, -0.2) is 44.0 Å². The summed E-state index contributed by atoms with van der Waals surface area (Å²) in [6, 6.07) is 1.31. The number of nitrogens with zero attached hydrogens (tertiary/aromatic N) is 3. The zero-order valence-electron chi connectivity index (χ0n) is 10.4. The van der Waals surface area contributed by atoms with E-state index in [1.807, 2.05) is 0 Å². The number of carbonyl (C=O) groups is 2. The number of likely N-dealkylation sites (tertiary alicyclic amines) is 1. The van der Waals surface area contributed by atoms with Crippen LogP contribution < -0.4 is 5.69 Å². The van der Waals surface area contributed by atoms with Crippen LogP contribution in [0.25, 0.3) is 0 Å². The minimum Gasteiger partial charge on any atom is -0.481 e. The number of rotatable bonds is 4. The minimum atomic E-state index is -0.914. The van der Waals surface area contributed by atoms with Crippen molar-refractivity contribution in [3.05, 3.63) is 28.9 Å². The third-order valence-electron chi connectivity index (χ3n) is 3.20. The molecule has 0 bridgehead atoms.